The zero-order chi connectivity index (χ0) is 23.3. The third kappa shape index (κ3) is 6.64. The summed E-state index contributed by atoms with van der Waals surface area (Å²) in [6.45, 7) is 8.24. The second-order valence-corrected chi connectivity index (χ2v) is 10.7. The molecule has 2 aromatic rings. The highest BCUT2D eigenvalue weighted by molar-refractivity contribution is 14.1. The number of amides is 1. The molecule has 0 atom stereocenters. The molecule has 0 aliphatic heterocycles. The standard InChI is InChI=1S/C26H31ClINO3/c1-18(27)14-15-29(25(30)32-26(2,3)4)22-16-23(31-17-19-10-6-5-7-11-19)20-12-8-9-13-21(20)24(22)28/h5-7,10-11,14,16H,8-9,12-13,15,17H2,1-4H3/b18-14+. The molecule has 0 unspecified atom stereocenters. The molecular formula is C26H31ClINO3. The van der Waals surface area contributed by atoms with Crippen LogP contribution in [0.25, 0.3) is 0 Å². The molecule has 1 aliphatic rings. The summed E-state index contributed by atoms with van der Waals surface area (Å²) in [5, 5.41) is 0.632. The average molecular weight is 568 g/mol. The molecule has 0 N–H and O–H groups in total. The highest BCUT2D eigenvalue weighted by Gasteiger charge is 2.28. The molecule has 32 heavy (non-hydrogen) atoms. The number of nitrogens with zero attached hydrogens (tertiary/aromatic N) is 1. The second-order valence-electron chi connectivity index (χ2n) is 9.03. The third-order valence-electron chi connectivity index (χ3n) is 5.22. The maximum absolute atomic E-state index is 13.2. The van der Waals surface area contributed by atoms with Gasteiger partial charge in [0.1, 0.15) is 18.0 Å². The largest absolute Gasteiger partial charge is 0.489 e. The molecule has 0 saturated carbocycles. The molecule has 2 aromatic carbocycles. The Morgan fingerprint density at radius 3 is 2.44 bits per heavy atom. The minimum atomic E-state index is -0.596. The fourth-order valence-corrected chi connectivity index (χ4v) is 4.83. The van der Waals surface area contributed by atoms with E-state index in [2.05, 4.69) is 34.7 Å². The van der Waals surface area contributed by atoms with Gasteiger partial charge >= 0.3 is 6.09 Å². The fourth-order valence-electron chi connectivity index (χ4n) is 3.71. The third-order valence-corrected chi connectivity index (χ3v) is 6.58. The van der Waals surface area contributed by atoms with E-state index >= 15 is 0 Å². The second kappa shape index (κ2) is 10.9. The molecule has 0 fully saturated rings. The Balaban J connectivity index is 2.03. The number of carbonyl (C=O) groups is 1. The van der Waals surface area contributed by atoms with Crippen molar-refractivity contribution in [2.75, 3.05) is 11.4 Å². The maximum Gasteiger partial charge on any atom is 0.415 e. The molecule has 0 bridgehead atoms. The van der Waals surface area contributed by atoms with Gasteiger partial charge in [0.2, 0.25) is 0 Å². The van der Waals surface area contributed by atoms with Crippen LogP contribution >= 0.6 is 34.2 Å². The molecule has 3 rings (SSSR count). The zero-order valence-electron chi connectivity index (χ0n) is 19.2. The monoisotopic (exact) mass is 567 g/mol. The van der Waals surface area contributed by atoms with Crippen molar-refractivity contribution in [3.05, 3.63) is 67.8 Å². The Hall–Kier alpha value is -1.73. The van der Waals surface area contributed by atoms with Crippen molar-refractivity contribution in [3.8, 4) is 5.75 Å². The number of anilines is 1. The van der Waals surface area contributed by atoms with Gasteiger partial charge in [-0.2, -0.15) is 0 Å². The van der Waals surface area contributed by atoms with Gasteiger partial charge in [0.15, 0.2) is 0 Å². The van der Waals surface area contributed by atoms with Crippen LogP contribution in [-0.2, 0) is 24.2 Å². The normalized spacial score (nSPS) is 14.0. The van der Waals surface area contributed by atoms with E-state index < -0.39 is 11.7 Å². The minimum Gasteiger partial charge on any atom is -0.489 e. The lowest BCUT2D eigenvalue weighted by Gasteiger charge is -2.30. The van der Waals surface area contributed by atoms with Gasteiger partial charge in [-0.05, 0) is 92.7 Å². The first kappa shape index (κ1) is 24.9. The average Bonchev–Trinajstić information content (AvgIpc) is 2.74. The SMILES string of the molecule is C/C(Cl)=C\CN(C(=O)OC(C)(C)C)c1cc(OCc2ccccc2)c2c(c1I)CCCC2. The van der Waals surface area contributed by atoms with Crippen LogP contribution in [0, 0.1) is 3.57 Å². The van der Waals surface area contributed by atoms with E-state index in [9.17, 15) is 4.79 Å². The highest BCUT2D eigenvalue weighted by atomic mass is 127. The van der Waals surface area contributed by atoms with E-state index in [0.717, 1.165) is 46.3 Å². The number of fused-ring (bicyclic) bond motifs is 1. The molecule has 1 aliphatic carbocycles. The fraction of sp³-hybridized carbons (Fsp3) is 0.423. The first-order valence-electron chi connectivity index (χ1n) is 11.0. The number of halogens is 2. The Kier molecular flexibility index (Phi) is 8.50. The van der Waals surface area contributed by atoms with E-state index in [1.165, 1.54) is 11.1 Å². The molecule has 0 aromatic heterocycles. The van der Waals surface area contributed by atoms with Crippen molar-refractivity contribution in [1.29, 1.82) is 0 Å². The Labute approximate surface area is 210 Å². The van der Waals surface area contributed by atoms with E-state index in [4.69, 9.17) is 21.1 Å². The quantitative estimate of drug-likeness (QED) is 0.337. The number of carbonyl (C=O) groups excluding carboxylic acids is 1. The van der Waals surface area contributed by atoms with Crippen LogP contribution in [-0.4, -0.2) is 18.2 Å². The van der Waals surface area contributed by atoms with Gasteiger partial charge in [0.05, 0.1) is 5.69 Å². The predicted octanol–water partition coefficient (Wildman–Crippen LogP) is 7.63. The highest BCUT2D eigenvalue weighted by Crippen LogP contribution is 2.40. The number of allylic oxidation sites excluding steroid dienone is 1. The summed E-state index contributed by atoms with van der Waals surface area (Å²) in [5.74, 6) is 0.846. The van der Waals surface area contributed by atoms with Gasteiger partial charge in [-0.25, -0.2) is 4.79 Å². The van der Waals surface area contributed by atoms with Crippen LogP contribution in [0.3, 0.4) is 0 Å². The van der Waals surface area contributed by atoms with Crippen LogP contribution in [0.5, 0.6) is 5.75 Å². The first-order valence-corrected chi connectivity index (χ1v) is 12.4. The van der Waals surface area contributed by atoms with Crippen LogP contribution in [0.1, 0.15) is 57.2 Å². The summed E-state index contributed by atoms with van der Waals surface area (Å²) in [5.41, 5.74) is 3.85. The topological polar surface area (TPSA) is 38.8 Å². The van der Waals surface area contributed by atoms with Crippen LogP contribution in [0.15, 0.2) is 47.5 Å². The van der Waals surface area contributed by atoms with E-state index in [-0.39, 0.29) is 0 Å². The lowest BCUT2D eigenvalue weighted by Crippen LogP contribution is -2.37. The van der Waals surface area contributed by atoms with E-state index in [1.54, 1.807) is 11.8 Å². The molecule has 1 amide bonds. The first-order chi connectivity index (χ1) is 15.2. The molecule has 0 heterocycles. The molecule has 0 saturated heterocycles. The molecule has 0 radical (unpaired) electrons. The Bertz CT molecular complexity index is 979. The molecule has 0 spiro atoms. The molecule has 6 heteroatoms. The van der Waals surface area contributed by atoms with Gasteiger partial charge in [0, 0.05) is 21.2 Å². The number of ether oxygens (including phenoxy) is 2. The lowest BCUT2D eigenvalue weighted by atomic mass is 9.90. The summed E-state index contributed by atoms with van der Waals surface area (Å²) < 4.78 is 13.1. The van der Waals surface area contributed by atoms with Crippen molar-refractivity contribution >= 4 is 46.0 Å². The van der Waals surface area contributed by atoms with Crippen LogP contribution < -0.4 is 9.64 Å². The van der Waals surface area contributed by atoms with Crippen molar-refractivity contribution in [2.24, 2.45) is 0 Å². The van der Waals surface area contributed by atoms with Crippen LogP contribution in [0.4, 0.5) is 10.5 Å². The van der Waals surface area contributed by atoms with Crippen molar-refractivity contribution in [3.63, 3.8) is 0 Å². The van der Waals surface area contributed by atoms with Gasteiger partial charge in [-0.1, -0.05) is 48.0 Å². The molecule has 4 nitrogen and oxygen atoms in total. The smallest absolute Gasteiger partial charge is 0.415 e. The number of benzene rings is 2. The van der Waals surface area contributed by atoms with E-state index in [0.29, 0.717) is 18.2 Å². The number of hydrogen-bond donors (Lipinski definition) is 0. The van der Waals surface area contributed by atoms with Gasteiger partial charge in [-0.15, -0.1) is 0 Å². The van der Waals surface area contributed by atoms with Crippen molar-refractivity contribution in [1.82, 2.24) is 0 Å². The van der Waals surface area contributed by atoms with Crippen molar-refractivity contribution in [2.45, 2.75) is 65.6 Å². The summed E-state index contributed by atoms with van der Waals surface area (Å²) in [4.78, 5) is 14.8. The number of rotatable bonds is 6. The predicted molar refractivity (Wildman–Crippen MR) is 140 cm³/mol. The molecular weight excluding hydrogens is 537 g/mol. The Morgan fingerprint density at radius 2 is 1.81 bits per heavy atom. The minimum absolute atomic E-state index is 0.331. The zero-order valence-corrected chi connectivity index (χ0v) is 22.1. The summed E-state index contributed by atoms with van der Waals surface area (Å²) >= 11 is 8.47. The van der Waals surface area contributed by atoms with Gasteiger partial charge < -0.3 is 9.47 Å². The van der Waals surface area contributed by atoms with Crippen LogP contribution in [0.2, 0.25) is 0 Å². The molecule has 172 valence electrons. The van der Waals surface area contributed by atoms with Gasteiger partial charge in [0.25, 0.3) is 0 Å². The summed E-state index contributed by atoms with van der Waals surface area (Å²) in [6, 6.07) is 12.1. The van der Waals surface area contributed by atoms with Crippen molar-refractivity contribution < 1.29 is 14.3 Å². The summed E-state index contributed by atoms with van der Waals surface area (Å²) in [7, 11) is 0. The summed E-state index contributed by atoms with van der Waals surface area (Å²) in [6.07, 6.45) is 5.69. The number of hydrogen-bond acceptors (Lipinski definition) is 3. The Morgan fingerprint density at radius 1 is 1.16 bits per heavy atom. The van der Waals surface area contributed by atoms with E-state index in [1.807, 2.05) is 51.1 Å². The lowest BCUT2D eigenvalue weighted by molar-refractivity contribution is 0.0584. The maximum atomic E-state index is 13.2. The van der Waals surface area contributed by atoms with Gasteiger partial charge in [-0.3, -0.25) is 4.90 Å².